The van der Waals surface area contributed by atoms with Crippen LogP contribution in [0.2, 0.25) is 0 Å². The average molecular weight is 269 g/mol. The molecule has 2 fully saturated rings. The zero-order valence-electron chi connectivity index (χ0n) is 11.5. The molecule has 4 atom stereocenters. The zero-order valence-corrected chi connectivity index (χ0v) is 11.5. The molecule has 0 aromatic heterocycles. The van der Waals surface area contributed by atoms with Crippen LogP contribution in [0.3, 0.4) is 0 Å². The first-order valence-corrected chi connectivity index (χ1v) is 6.89. The highest BCUT2D eigenvalue weighted by Gasteiger charge is 2.47. The Labute approximate surface area is 113 Å². The van der Waals surface area contributed by atoms with Gasteiger partial charge in [-0.3, -0.25) is 4.79 Å². The van der Waals surface area contributed by atoms with E-state index in [-0.39, 0.29) is 23.8 Å². The summed E-state index contributed by atoms with van der Waals surface area (Å²) in [7, 11) is 0. The molecule has 1 heterocycles. The number of oxime groups is 1. The van der Waals surface area contributed by atoms with Gasteiger partial charge in [-0.25, -0.2) is 0 Å². The van der Waals surface area contributed by atoms with E-state index in [1.54, 1.807) is 11.8 Å². The van der Waals surface area contributed by atoms with Crippen molar-refractivity contribution in [3.05, 3.63) is 0 Å². The number of amidine groups is 1. The Morgan fingerprint density at radius 1 is 1.47 bits per heavy atom. The van der Waals surface area contributed by atoms with Gasteiger partial charge in [0.2, 0.25) is 5.91 Å². The lowest BCUT2D eigenvalue weighted by Crippen LogP contribution is -2.49. The summed E-state index contributed by atoms with van der Waals surface area (Å²) in [6.45, 7) is 4.81. The normalized spacial score (nSPS) is 34.2. The predicted octanol–water partition coefficient (Wildman–Crippen LogP) is 0.378. The smallest absolute Gasteiger partial charge is 0.236 e. The molecule has 6 nitrogen and oxygen atoms in total. The number of carbonyl (C=O) groups excluding carboxylic acids is 1. The maximum Gasteiger partial charge on any atom is 0.236 e. The van der Waals surface area contributed by atoms with Crippen molar-refractivity contribution in [2.45, 2.75) is 39.2 Å². The van der Waals surface area contributed by atoms with Gasteiger partial charge in [-0.05, 0) is 32.1 Å². The quantitative estimate of drug-likeness (QED) is 0.298. The van der Waals surface area contributed by atoms with Crippen molar-refractivity contribution in [1.82, 2.24) is 4.90 Å². The van der Waals surface area contributed by atoms with E-state index < -0.39 is 5.41 Å². The molecular weight excluding hydrogens is 246 g/mol. The number of aliphatic hydroxyl groups excluding tert-OH is 1. The van der Waals surface area contributed by atoms with E-state index in [0.29, 0.717) is 25.4 Å². The van der Waals surface area contributed by atoms with Gasteiger partial charge in [0, 0.05) is 19.0 Å². The van der Waals surface area contributed by atoms with Crippen LogP contribution >= 0.6 is 0 Å². The van der Waals surface area contributed by atoms with Crippen LogP contribution in [-0.4, -0.2) is 46.1 Å². The maximum absolute atomic E-state index is 12.6. The fourth-order valence-corrected chi connectivity index (χ4v) is 3.30. The summed E-state index contributed by atoms with van der Waals surface area (Å²) in [5.74, 6) is 0.439. The molecular formula is C13H23N3O3. The Morgan fingerprint density at radius 3 is 2.68 bits per heavy atom. The average Bonchev–Trinajstić information content (AvgIpc) is 2.98. The second-order valence-corrected chi connectivity index (χ2v) is 5.95. The number of amides is 1. The number of nitrogens with zero attached hydrogens (tertiary/aromatic N) is 2. The van der Waals surface area contributed by atoms with Crippen molar-refractivity contribution in [3.8, 4) is 0 Å². The zero-order chi connectivity index (χ0) is 14.2. The third-order valence-electron chi connectivity index (χ3n) is 4.96. The summed E-state index contributed by atoms with van der Waals surface area (Å²) in [5.41, 5.74) is 4.72. The van der Waals surface area contributed by atoms with Gasteiger partial charge in [0.1, 0.15) is 5.41 Å². The number of aliphatic hydroxyl groups is 1. The van der Waals surface area contributed by atoms with Gasteiger partial charge >= 0.3 is 0 Å². The molecule has 1 aliphatic heterocycles. The van der Waals surface area contributed by atoms with Crippen molar-refractivity contribution in [2.24, 2.45) is 28.1 Å². The third-order valence-corrected chi connectivity index (χ3v) is 4.96. The summed E-state index contributed by atoms with van der Waals surface area (Å²) in [6.07, 6.45) is 2.00. The minimum Gasteiger partial charge on any atom is -0.409 e. The molecule has 2 aliphatic rings. The van der Waals surface area contributed by atoms with E-state index in [2.05, 4.69) is 5.16 Å². The van der Waals surface area contributed by atoms with Crippen LogP contribution in [-0.2, 0) is 4.79 Å². The van der Waals surface area contributed by atoms with E-state index in [1.165, 1.54) is 0 Å². The van der Waals surface area contributed by atoms with Crippen molar-refractivity contribution >= 4 is 11.7 Å². The number of hydrogen-bond donors (Lipinski definition) is 3. The first-order valence-electron chi connectivity index (χ1n) is 6.89. The van der Waals surface area contributed by atoms with Crippen LogP contribution < -0.4 is 5.73 Å². The molecule has 0 aromatic carbocycles. The molecule has 0 spiro atoms. The van der Waals surface area contributed by atoms with E-state index in [9.17, 15) is 9.90 Å². The molecule has 0 bridgehead atoms. The van der Waals surface area contributed by atoms with Gasteiger partial charge in [0.05, 0.1) is 6.10 Å². The van der Waals surface area contributed by atoms with Crippen LogP contribution in [0.15, 0.2) is 5.16 Å². The maximum atomic E-state index is 12.6. The van der Waals surface area contributed by atoms with Gasteiger partial charge in [-0.15, -0.1) is 0 Å². The molecule has 1 saturated carbocycles. The summed E-state index contributed by atoms with van der Waals surface area (Å²) < 4.78 is 0. The van der Waals surface area contributed by atoms with Crippen LogP contribution in [0.25, 0.3) is 0 Å². The van der Waals surface area contributed by atoms with Gasteiger partial charge in [0.25, 0.3) is 0 Å². The third kappa shape index (κ3) is 2.18. The lowest BCUT2D eigenvalue weighted by Gasteiger charge is -2.31. The largest absolute Gasteiger partial charge is 0.409 e. The Kier molecular flexibility index (Phi) is 3.71. The van der Waals surface area contributed by atoms with Crippen LogP contribution in [0.4, 0.5) is 0 Å². The number of likely N-dealkylation sites (tertiary alicyclic amines) is 1. The summed E-state index contributed by atoms with van der Waals surface area (Å²) in [4.78, 5) is 14.4. The standard InChI is InChI=1S/C13H23N3O3/c1-3-13(2,11(14)15-19)12(18)16-6-8-4-5-10(17)9(8)7-16/h8-10,17,19H,3-7H2,1-2H3,(H2,14,15). The van der Waals surface area contributed by atoms with E-state index in [1.807, 2.05) is 6.92 Å². The van der Waals surface area contributed by atoms with Crippen molar-refractivity contribution in [2.75, 3.05) is 13.1 Å². The molecule has 0 aromatic rings. The number of carbonyl (C=O) groups is 1. The number of fused-ring (bicyclic) bond motifs is 1. The van der Waals surface area contributed by atoms with Gasteiger partial charge < -0.3 is 20.9 Å². The molecule has 19 heavy (non-hydrogen) atoms. The first-order chi connectivity index (χ1) is 8.93. The van der Waals surface area contributed by atoms with Crippen molar-refractivity contribution < 1.29 is 15.1 Å². The van der Waals surface area contributed by atoms with Crippen LogP contribution in [0.1, 0.15) is 33.1 Å². The monoisotopic (exact) mass is 269 g/mol. The summed E-state index contributed by atoms with van der Waals surface area (Å²) >= 11 is 0. The topological polar surface area (TPSA) is 99.2 Å². The molecule has 4 unspecified atom stereocenters. The molecule has 6 heteroatoms. The molecule has 1 aliphatic carbocycles. The van der Waals surface area contributed by atoms with Gasteiger partial charge in [0.15, 0.2) is 5.84 Å². The van der Waals surface area contributed by atoms with E-state index in [0.717, 1.165) is 12.8 Å². The highest BCUT2D eigenvalue weighted by molar-refractivity contribution is 6.06. The highest BCUT2D eigenvalue weighted by Crippen LogP contribution is 2.39. The highest BCUT2D eigenvalue weighted by atomic mass is 16.4. The number of rotatable bonds is 3. The summed E-state index contributed by atoms with van der Waals surface area (Å²) in [6, 6.07) is 0. The SMILES string of the molecule is CCC(C)(C(=O)N1CC2CCC(O)C2C1)C(N)=NO. The Bertz CT molecular complexity index is 399. The van der Waals surface area contributed by atoms with Crippen LogP contribution in [0.5, 0.6) is 0 Å². The first kappa shape index (κ1) is 14.1. The second kappa shape index (κ2) is 5.00. The number of hydrogen-bond acceptors (Lipinski definition) is 4. The molecule has 4 N–H and O–H groups in total. The Morgan fingerprint density at radius 2 is 2.16 bits per heavy atom. The Hall–Kier alpha value is -1.30. The second-order valence-electron chi connectivity index (χ2n) is 5.95. The van der Waals surface area contributed by atoms with Crippen molar-refractivity contribution in [1.29, 1.82) is 0 Å². The van der Waals surface area contributed by atoms with E-state index in [4.69, 9.17) is 10.9 Å². The summed E-state index contributed by atoms with van der Waals surface area (Å²) in [5, 5.41) is 21.7. The molecule has 108 valence electrons. The molecule has 1 amide bonds. The Balaban J connectivity index is 2.13. The molecule has 0 radical (unpaired) electrons. The number of nitrogens with two attached hydrogens (primary N) is 1. The fraction of sp³-hybridized carbons (Fsp3) is 0.846. The molecule has 2 rings (SSSR count). The minimum absolute atomic E-state index is 0.0439. The van der Waals surface area contributed by atoms with Crippen LogP contribution in [0, 0.1) is 17.3 Å². The van der Waals surface area contributed by atoms with E-state index >= 15 is 0 Å². The van der Waals surface area contributed by atoms with Crippen molar-refractivity contribution in [3.63, 3.8) is 0 Å². The fourth-order valence-electron chi connectivity index (χ4n) is 3.30. The predicted molar refractivity (Wildman–Crippen MR) is 70.6 cm³/mol. The molecule has 1 saturated heterocycles. The lowest BCUT2D eigenvalue weighted by molar-refractivity contribution is -0.137. The van der Waals surface area contributed by atoms with Gasteiger partial charge in [-0.1, -0.05) is 12.1 Å². The van der Waals surface area contributed by atoms with Gasteiger partial charge in [-0.2, -0.15) is 0 Å². The lowest BCUT2D eigenvalue weighted by atomic mass is 9.84. The minimum atomic E-state index is -0.960.